The molecule has 0 bridgehead atoms. The third kappa shape index (κ3) is 5.09. The summed E-state index contributed by atoms with van der Waals surface area (Å²) in [4.78, 5) is 29.1. The van der Waals surface area contributed by atoms with E-state index >= 15 is 0 Å². The molecule has 0 unspecified atom stereocenters. The summed E-state index contributed by atoms with van der Waals surface area (Å²) < 4.78 is 6.01. The normalized spacial score (nSPS) is 17.8. The van der Waals surface area contributed by atoms with Gasteiger partial charge in [-0.2, -0.15) is 0 Å². The molecule has 7 heteroatoms. The number of carbonyl (C=O) groups is 1. The number of aromatic nitrogens is 4. The SMILES string of the molecule is CC.O=C(c1ccc(Oc2nccnc2C2CCC(O)CC2)cc1)c1nc2ccccc2[nH]1. The van der Waals surface area contributed by atoms with Crippen molar-refractivity contribution in [2.75, 3.05) is 0 Å². The number of ether oxygens (including phenoxy) is 1. The summed E-state index contributed by atoms with van der Waals surface area (Å²) in [6, 6.07) is 14.5. The van der Waals surface area contributed by atoms with Gasteiger partial charge in [-0.1, -0.05) is 26.0 Å². The standard InChI is InChI=1S/C24H22N4O3.C2H6/c29-17-9-5-15(6-10-17)21-24(26-14-13-25-21)31-18-11-7-16(8-12-18)22(30)23-27-19-3-1-2-4-20(19)28-23;1-2/h1-4,7-8,11-15,17,29H,5-6,9-10H2,(H,27,28);1-2H3. The van der Waals surface area contributed by atoms with Crippen molar-refractivity contribution >= 4 is 16.8 Å². The maximum Gasteiger partial charge on any atom is 0.241 e. The third-order valence-electron chi connectivity index (χ3n) is 5.71. The Hall–Kier alpha value is -3.58. The first-order chi connectivity index (χ1) is 16.2. The number of aliphatic hydroxyl groups is 1. The number of H-pyrrole nitrogens is 1. The zero-order chi connectivity index (χ0) is 23.2. The van der Waals surface area contributed by atoms with Crippen LogP contribution in [-0.2, 0) is 0 Å². The smallest absolute Gasteiger partial charge is 0.241 e. The molecule has 1 aliphatic carbocycles. The molecule has 0 atom stereocenters. The average molecular weight is 445 g/mol. The van der Waals surface area contributed by atoms with Gasteiger partial charge in [-0.05, 0) is 62.1 Å². The van der Waals surface area contributed by atoms with Gasteiger partial charge in [-0.15, -0.1) is 0 Å². The lowest BCUT2D eigenvalue weighted by Crippen LogP contribution is -2.18. The summed E-state index contributed by atoms with van der Waals surface area (Å²) in [6.07, 6.45) is 6.30. The first kappa shape index (κ1) is 22.6. The molecule has 0 aliphatic heterocycles. The largest absolute Gasteiger partial charge is 0.437 e. The number of hydrogen-bond acceptors (Lipinski definition) is 6. The van der Waals surface area contributed by atoms with Gasteiger partial charge in [-0.25, -0.2) is 9.97 Å². The molecule has 0 amide bonds. The fourth-order valence-corrected chi connectivity index (χ4v) is 4.03. The van der Waals surface area contributed by atoms with Crippen molar-refractivity contribution in [3.8, 4) is 11.6 Å². The molecule has 7 nitrogen and oxygen atoms in total. The fraction of sp³-hybridized carbons (Fsp3) is 0.308. The lowest BCUT2D eigenvalue weighted by Gasteiger charge is -2.25. The molecular formula is C26H28N4O3. The Morgan fingerprint density at radius 2 is 1.67 bits per heavy atom. The molecule has 2 heterocycles. The van der Waals surface area contributed by atoms with Crippen LogP contribution in [0.4, 0.5) is 0 Å². The number of nitrogens with one attached hydrogen (secondary N) is 1. The molecule has 170 valence electrons. The summed E-state index contributed by atoms with van der Waals surface area (Å²) in [5, 5.41) is 9.77. The highest BCUT2D eigenvalue weighted by Gasteiger charge is 2.25. The number of aromatic amines is 1. The minimum atomic E-state index is -0.228. The van der Waals surface area contributed by atoms with E-state index in [2.05, 4.69) is 19.9 Å². The highest BCUT2D eigenvalue weighted by Crippen LogP contribution is 2.36. The minimum absolute atomic E-state index is 0.177. The zero-order valence-electron chi connectivity index (χ0n) is 18.9. The molecule has 33 heavy (non-hydrogen) atoms. The quantitative estimate of drug-likeness (QED) is 0.399. The van der Waals surface area contributed by atoms with E-state index in [1.54, 1.807) is 36.7 Å². The van der Waals surface area contributed by atoms with Gasteiger partial charge < -0.3 is 14.8 Å². The van der Waals surface area contributed by atoms with Crippen LogP contribution in [0.25, 0.3) is 11.0 Å². The zero-order valence-corrected chi connectivity index (χ0v) is 18.9. The van der Waals surface area contributed by atoms with Crippen molar-refractivity contribution in [1.82, 2.24) is 19.9 Å². The number of fused-ring (bicyclic) bond motifs is 1. The summed E-state index contributed by atoms with van der Waals surface area (Å²) in [6.45, 7) is 4.00. The van der Waals surface area contributed by atoms with E-state index in [1.807, 2.05) is 38.1 Å². The van der Waals surface area contributed by atoms with Gasteiger partial charge in [0.15, 0.2) is 5.82 Å². The van der Waals surface area contributed by atoms with E-state index in [-0.39, 0.29) is 17.8 Å². The first-order valence-electron chi connectivity index (χ1n) is 11.4. The molecule has 0 radical (unpaired) electrons. The van der Waals surface area contributed by atoms with E-state index in [0.29, 0.717) is 23.0 Å². The maximum absolute atomic E-state index is 12.8. The van der Waals surface area contributed by atoms with Crippen LogP contribution < -0.4 is 4.74 Å². The number of nitrogens with zero attached hydrogens (tertiary/aromatic N) is 3. The maximum atomic E-state index is 12.8. The van der Waals surface area contributed by atoms with Crippen molar-refractivity contribution in [3.05, 3.63) is 78.0 Å². The highest BCUT2D eigenvalue weighted by atomic mass is 16.5. The van der Waals surface area contributed by atoms with Crippen molar-refractivity contribution in [2.45, 2.75) is 51.6 Å². The van der Waals surface area contributed by atoms with Crippen molar-refractivity contribution in [3.63, 3.8) is 0 Å². The molecule has 0 spiro atoms. The molecule has 2 aromatic heterocycles. The first-order valence-corrected chi connectivity index (χ1v) is 11.4. The number of benzene rings is 2. The van der Waals surface area contributed by atoms with Crippen LogP contribution >= 0.6 is 0 Å². The number of rotatable bonds is 5. The third-order valence-corrected chi connectivity index (χ3v) is 5.71. The minimum Gasteiger partial charge on any atom is -0.437 e. The highest BCUT2D eigenvalue weighted by molar-refractivity contribution is 6.08. The van der Waals surface area contributed by atoms with Gasteiger partial charge in [0.2, 0.25) is 11.7 Å². The molecule has 5 rings (SSSR count). The van der Waals surface area contributed by atoms with Gasteiger partial charge in [0.1, 0.15) is 11.4 Å². The molecular weight excluding hydrogens is 416 g/mol. The molecule has 1 saturated carbocycles. The Morgan fingerprint density at radius 3 is 2.39 bits per heavy atom. The summed E-state index contributed by atoms with van der Waals surface area (Å²) in [7, 11) is 0. The van der Waals surface area contributed by atoms with Gasteiger partial charge in [-0.3, -0.25) is 9.78 Å². The Morgan fingerprint density at radius 1 is 0.970 bits per heavy atom. The van der Waals surface area contributed by atoms with Crippen LogP contribution in [0.1, 0.15) is 67.3 Å². The molecule has 1 aliphatic rings. The molecule has 1 fully saturated rings. The Labute approximate surface area is 192 Å². The Balaban J connectivity index is 0.00000126. The second-order valence-corrected chi connectivity index (χ2v) is 7.81. The van der Waals surface area contributed by atoms with Crippen molar-refractivity contribution < 1.29 is 14.6 Å². The van der Waals surface area contributed by atoms with E-state index in [0.717, 1.165) is 42.4 Å². The van der Waals surface area contributed by atoms with Gasteiger partial charge in [0.05, 0.1) is 17.1 Å². The lowest BCUT2D eigenvalue weighted by molar-refractivity contribution is 0.103. The topological polar surface area (TPSA) is 101 Å². The van der Waals surface area contributed by atoms with Crippen LogP contribution in [0.3, 0.4) is 0 Å². The van der Waals surface area contributed by atoms with E-state index in [9.17, 15) is 9.90 Å². The van der Waals surface area contributed by atoms with Crippen LogP contribution in [0.5, 0.6) is 11.6 Å². The lowest BCUT2D eigenvalue weighted by atomic mass is 9.85. The predicted octanol–water partition coefficient (Wildman–Crippen LogP) is 5.42. The monoisotopic (exact) mass is 444 g/mol. The van der Waals surface area contributed by atoms with E-state index < -0.39 is 0 Å². The number of carbonyl (C=O) groups excluding carboxylic acids is 1. The summed E-state index contributed by atoms with van der Waals surface area (Å²) in [5.74, 6) is 1.41. The summed E-state index contributed by atoms with van der Waals surface area (Å²) >= 11 is 0. The molecule has 0 saturated heterocycles. The fourth-order valence-electron chi connectivity index (χ4n) is 4.03. The molecule has 4 aromatic rings. The van der Waals surface area contributed by atoms with Crippen LogP contribution in [0.2, 0.25) is 0 Å². The second kappa shape index (κ2) is 10.4. The average Bonchev–Trinajstić information content (AvgIpc) is 3.31. The van der Waals surface area contributed by atoms with Gasteiger partial charge in [0, 0.05) is 23.9 Å². The number of imidazole rings is 1. The van der Waals surface area contributed by atoms with Gasteiger partial charge in [0.25, 0.3) is 0 Å². The Bertz CT molecular complexity index is 1180. The van der Waals surface area contributed by atoms with Crippen molar-refractivity contribution in [1.29, 1.82) is 0 Å². The van der Waals surface area contributed by atoms with Crippen LogP contribution in [-0.4, -0.2) is 36.9 Å². The second-order valence-electron chi connectivity index (χ2n) is 7.81. The van der Waals surface area contributed by atoms with E-state index in [4.69, 9.17) is 4.74 Å². The number of para-hydroxylation sites is 2. The van der Waals surface area contributed by atoms with Crippen LogP contribution in [0.15, 0.2) is 60.9 Å². The van der Waals surface area contributed by atoms with Gasteiger partial charge >= 0.3 is 0 Å². The van der Waals surface area contributed by atoms with E-state index in [1.165, 1.54) is 0 Å². The number of ketones is 1. The summed E-state index contributed by atoms with van der Waals surface area (Å²) in [5.41, 5.74) is 2.93. The molecule has 2 N–H and O–H groups in total. The Kier molecular flexibility index (Phi) is 7.10. The predicted molar refractivity (Wildman–Crippen MR) is 127 cm³/mol. The van der Waals surface area contributed by atoms with Crippen LogP contribution in [0, 0.1) is 0 Å². The van der Waals surface area contributed by atoms with Crippen molar-refractivity contribution in [2.24, 2.45) is 0 Å². The number of hydrogen-bond donors (Lipinski definition) is 2. The molecule has 2 aromatic carbocycles. The number of aliphatic hydroxyl groups excluding tert-OH is 1.